The Labute approximate surface area is 373 Å². The van der Waals surface area contributed by atoms with Crippen LogP contribution in [0.25, 0.3) is 0 Å². The maximum Gasteiger partial charge on any atom is 0.249 e. The maximum absolute atomic E-state index is 13.1. The van der Waals surface area contributed by atoms with E-state index < -0.39 is 61.5 Å². The SMILES string of the molecule is CCCCCCCCCCC/C=C\C/C=C\CCCCCCCCC(O)C(=O)NC(COC1OC(CO)C(O)C(O)C1O)C(O)CCCCCCCCCCCCCCCC. The first-order chi connectivity index (χ1) is 29.8. The minimum absolute atomic E-state index is 0.258. The van der Waals surface area contributed by atoms with Crippen LogP contribution in [0.3, 0.4) is 0 Å². The predicted molar refractivity (Wildman–Crippen MR) is 250 cm³/mol. The largest absolute Gasteiger partial charge is 0.394 e. The van der Waals surface area contributed by atoms with Crippen molar-refractivity contribution < 1.29 is 44.9 Å². The molecular formula is C51H97NO9. The zero-order valence-corrected chi connectivity index (χ0v) is 39.3. The van der Waals surface area contributed by atoms with E-state index in [4.69, 9.17) is 9.47 Å². The number of aliphatic hydroxyl groups is 6. The van der Waals surface area contributed by atoms with Crippen molar-refractivity contribution in [3.63, 3.8) is 0 Å². The highest BCUT2D eigenvalue weighted by Crippen LogP contribution is 2.23. The van der Waals surface area contributed by atoms with E-state index in [9.17, 15) is 35.4 Å². The fourth-order valence-corrected chi connectivity index (χ4v) is 8.20. The normalized spacial score (nSPS) is 21.1. The van der Waals surface area contributed by atoms with Crippen LogP contribution in [0.5, 0.6) is 0 Å². The van der Waals surface area contributed by atoms with Crippen molar-refractivity contribution in [3.8, 4) is 0 Å². The summed E-state index contributed by atoms with van der Waals surface area (Å²) in [6, 6.07) is -0.897. The van der Waals surface area contributed by atoms with Crippen LogP contribution in [-0.4, -0.2) is 98.7 Å². The molecule has 0 aliphatic carbocycles. The molecule has 1 aliphatic heterocycles. The van der Waals surface area contributed by atoms with E-state index in [1.54, 1.807) is 0 Å². The van der Waals surface area contributed by atoms with E-state index in [2.05, 4.69) is 43.5 Å². The molecule has 0 aromatic rings. The van der Waals surface area contributed by atoms with Crippen LogP contribution in [0, 0.1) is 0 Å². The molecular weight excluding hydrogens is 771 g/mol. The summed E-state index contributed by atoms with van der Waals surface area (Å²) < 4.78 is 11.2. The lowest BCUT2D eigenvalue weighted by Crippen LogP contribution is -2.60. The number of hydrogen-bond acceptors (Lipinski definition) is 9. The molecule has 8 unspecified atom stereocenters. The van der Waals surface area contributed by atoms with Gasteiger partial charge >= 0.3 is 0 Å². The lowest BCUT2D eigenvalue weighted by Gasteiger charge is -2.40. The van der Waals surface area contributed by atoms with Crippen LogP contribution < -0.4 is 5.32 Å². The second-order valence-electron chi connectivity index (χ2n) is 18.1. The van der Waals surface area contributed by atoms with Gasteiger partial charge in [-0.15, -0.1) is 0 Å². The van der Waals surface area contributed by atoms with Crippen molar-refractivity contribution in [2.45, 2.75) is 281 Å². The van der Waals surface area contributed by atoms with Crippen molar-refractivity contribution in [1.82, 2.24) is 5.32 Å². The van der Waals surface area contributed by atoms with E-state index in [1.165, 1.54) is 128 Å². The molecule has 0 spiro atoms. The Bertz CT molecular complexity index is 1030. The number of nitrogens with one attached hydrogen (secondary N) is 1. The molecule has 1 amide bonds. The van der Waals surface area contributed by atoms with Gasteiger partial charge in [0, 0.05) is 0 Å². The van der Waals surface area contributed by atoms with Gasteiger partial charge in [-0.1, -0.05) is 212 Å². The number of allylic oxidation sites excluding steroid dienone is 4. The first-order valence-electron chi connectivity index (χ1n) is 25.6. The average Bonchev–Trinajstić information content (AvgIpc) is 3.26. The highest BCUT2D eigenvalue weighted by atomic mass is 16.7. The smallest absolute Gasteiger partial charge is 0.249 e. The van der Waals surface area contributed by atoms with Crippen molar-refractivity contribution in [2.75, 3.05) is 13.2 Å². The Morgan fingerprint density at radius 1 is 0.557 bits per heavy atom. The van der Waals surface area contributed by atoms with E-state index in [0.717, 1.165) is 70.6 Å². The zero-order valence-electron chi connectivity index (χ0n) is 39.3. The van der Waals surface area contributed by atoms with Gasteiger partial charge in [-0.05, 0) is 44.9 Å². The number of aliphatic hydroxyl groups excluding tert-OH is 6. The molecule has 1 rings (SSSR count). The quantitative estimate of drug-likeness (QED) is 0.0233. The summed E-state index contributed by atoms with van der Waals surface area (Å²) in [5.74, 6) is -0.590. The molecule has 7 N–H and O–H groups in total. The van der Waals surface area contributed by atoms with Crippen LogP contribution in [-0.2, 0) is 14.3 Å². The van der Waals surface area contributed by atoms with Gasteiger partial charge in [0.15, 0.2) is 6.29 Å². The highest BCUT2D eigenvalue weighted by Gasteiger charge is 2.44. The number of carbonyl (C=O) groups is 1. The Kier molecular flexibility index (Phi) is 39.1. The van der Waals surface area contributed by atoms with Crippen molar-refractivity contribution in [1.29, 1.82) is 0 Å². The van der Waals surface area contributed by atoms with Gasteiger partial charge in [-0.2, -0.15) is 0 Å². The molecule has 1 heterocycles. The van der Waals surface area contributed by atoms with Crippen LogP contribution >= 0.6 is 0 Å². The second kappa shape index (κ2) is 41.3. The molecule has 0 saturated carbocycles. The lowest BCUT2D eigenvalue weighted by molar-refractivity contribution is -0.302. The van der Waals surface area contributed by atoms with Gasteiger partial charge in [0.25, 0.3) is 0 Å². The molecule has 0 bridgehead atoms. The van der Waals surface area contributed by atoms with Gasteiger partial charge in [0.2, 0.25) is 5.91 Å². The molecule has 61 heavy (non-hydrogen) atoms. The molecule has 8 atom stereocenters. The van der Waals surface area contributed by atoms with E-state index in [-0.39, 0.29) is 6.61 Å². The summed E-state index contributed by atoms with van der Waals surface area (Å²) in [7, 11) is 0. The second-order valence-corrected chi connectivity index (χ2v) is 18.1. The third-order valence-electron chi connectivity index (χ3n) is 12.4. The first kappa shape index (κ1) is 57.6. The fraction of sp³-hybridized carbons (Fsp3) is 0.902. The number of amides is 1. The van der Waals surface area contributed by atoms with Gasteiger partial charge in [-0.3, -0.25) is 4.79 Å². The average molecular weight is 868 g/mol. The van der Waals surface area contributed by atoms with E-state index in [0.29, 0.717) is 19.3 Å². The third-order valence-corrected chi connectivity index (χ3v) is 12.4. The van der Waals surface area contributed by atoms with Crippen molar-refractivity contribution in [2.24, 2.45) is 0 Å². The van der Waals surface area contributed by atoms with Crippen molar-refractivity contribution in [3.05, 3.63) is 24.3 Å². The molecule has 1 fully saturated rings. The fourth-order valence-electron chi connectivity index (χ4n) is 8.20. The molecule has 0 aromatic carbocycles. The van der Waals surface area contributed by atoms with Crippen LogP contribution in [0.1, 0.15) is 232 Å². The number of ether oxygens (including phenoxy) is 2. The van der Waals surface area contributed by atoms with Crippen LogP contribution in [0.15, 0.2) is 24.3 Å². The van der Waals surface area contributed by atoms with E-state index in [1.807, 2.05) is 0 Å². The number of hydrogen-bond donors (Lipinski definition) is 7. The topological polar surface area (TPSA) is 169 Å². The summed E-state index contributed by atoms with van der Waals surface area (Å²) in [5.41, 5.74) is 0. The Morgan fingerprint density at radius 3 is 1.41 bits per heavy atom. The molecule has 10 heteroatoms. The minimum Gasteiger partial charge on any atom is -0.394 e. The van der Waals surface area contributed by atoms with Gasteiger partial charge in [0.05, 0.1) is 25.4 Å². The molecule has 1 saturated heterocycles. The zero-order chi connectivity index (χ0) is 44.6. The Morgan fingerprint density at radius 2 is 0.967 bits per heavy atom. The summed E-state index contributed by atoms with van der Waals surface area (Å²) in [6.07, 6.45) is 39.4. The Hall–Kier alpha value is -1.37. The summed E-state index contributed by atoms with van der Waals surface area (Å²) in [6.45, 7) is 3.67. The molecule has 10 nitrogen and oxygen atoms in total. The summed E-state index contributed by atoms with van der Waals surface area (Å²) in [4.78, 5) is 13.1. The standard InChI is InChI=1S/C51H97NO9/c1-3-5-7-9-11-13-15-17-19-20-21-22-23-24-25-26-28-30-32-34-36-38-40-45(55)50(59)52-43(42-60-51-49(58)48(57)47(56)46(41-53)61-51)44(54)39-37-35-33-31-29-27-18-16-14-12-10-8-6-4-2/h21-22,24-25,43-49,51,53-58H,3-20,23,26-42H2,1-2H3,(H,52,59)/b22-21-,25-24-. The molecule has 0 aromatic heterocycles. The number of carbonyl (C=O) groups excluding carboxylic acids is 1. The van der Waals surface area contributed by atoms with E-state index >= 15 is 0 Å². The molecule has 0 radical (unpaired) electrons. The number of rotatable bonds is 43. The monoisotopic (exact) mass is 868 g/mol. The predicted octanol–water partition coefficient (Wildman–Crippen LogP) is 10.4. The minimum atomic E-state index is -1.60. The Balaban J connectivity index is 2.32. The first-order valence-corrected chi connectivity index (χ1v) is 25.6. The van der Waals surface area contributed by atoms with Crippen molar-refractivity contribution >= 4 is 5.91 Å². The molecule has 1 aliphatic rings. The lowest BCUT2D eigenvalue weighted by atomic mass is 9.99. The third kappa shape index (κ3) is 31.2. The van der Waals surface area contributed by atoms with Gasteiger partial charge in [0.1, 0.15) is 30.5 Å². The summed E-state index contributed by atoms with van der Waals surface area (Å²) in [5, 5.41) is 65.0. The van der Waals surface area contributed by atoms with Gasteiger partial charge in [-0.25, -0.2) is 0 Å². The maximum atomic E-state index is 13.1. The summed E-state index contributed by atoms with van der Waals surface area (Å²) >= 11 is 0. The van der Waals surface area contributed by atoms with Gasteiger partial charge < -0.3 is 45.4 Å². The number of unbranched alkanes of at least 4 members (excludes halogenated alkanes) is 28. The molecule has 360 valence electrons. The highest BCUT2D eigenvalue weighted by molar-refractivity contribution is 5.80. The van der Waals surface area contributed by atoms with Crippen LogP contribution in [0.4, 0.5) is 0 Å². The van der Waals surface area contributed by atoms with Crippen LogP contribution in [0.2, 0.25) is 0 Å².